The molecule has 1 aromatic heterocycles. The van der Waals surface area contributed by atoms with Crippen molar-refractivity contribution < 1.29 is 9.13 Å². The van der Waals surface area contributed by atoms with Crippen LogP contribution in [0.15, 0.2) is 18.5 Å². The van der Waals surface area contributed by atoms with Crippen LogP contribution in [0.25, 0.3) is 0 Å². The van der Waals surface area contributed by atoms with Gasteiger partial charge in [0, 0.05) is 26.4 Å². The molecule has 1 fully saturated rings. The number of halogens is 1. The van der Waals surface area contributed by atoms with Gasteiger partial charge in [-0.3, -0.25) is 4.98 Å². The molecular weight excluding hydrogens is 207 g/mol. The largest absolute Gasteiger partial charge is 0.383 e. The van der Waals surface area contributed by atoms with E-state index in [0.717, 1.165) is 38.2 Å². The average Bonchev–Trinajstić information content (AvgIpc) is 2.75. The molecule has 2 heterocycles. The van der Waals surface area contributed by atoms with Crippen molar-refractivity contribution in [3.05, 3.63) is 29.8 Å². The third kappa shape index (κ3) is 2.77. The normalized spacial score (nSPS) is 21.5. The smallest absolute Gasteiger partial charge is 0.141 e. The predicted molar refractivity (Wildman–Crippen MR) is 59.9 cm³/mol. The Balaban J connectivity index is 1.93. The predicted octanol–water partition coefficient (Wildman–Crippen LogP) is 1.66. The maximum absolute atomic E-state index is 13.0. The van der Waals surface area contributed by atoms with Gasteiger partial charge in [-0.25, -0.2) is 4.39 Å². The molecule has 0 aliphatic carbocycles. The van der Waals surface area contributed by atoms with Crippen LogP contribution in [0.4, 0.5) is 4.39 Å². The van der Waals surface area contributed by atoms with Crippen LogP contribution in [-0.2, 0) is 4.74 Å². The minimum absolute atomic E-state index is 0.243. The maximum Gasteiger partial charge on any atom is 0.141 e. The van der Waals surface area contributed by atoms with Crippen LogP contribution in [0.1, 0.15) is 17.9 Å². The molecule has 16 heavy (non-hydrogen) atoms. The summed E-state index contributed by atoms with van der Waals surface area (Å²) >= 11 is 0. The molecule has 1 saturated heterocycles. The number of aromatic nitrogens is 1. The van der Waals surface area contributed by atoms with Crippen molar-refractivity contribution in [1.82, 2.24) is 9.88 Å². The quantitative estimate of drug-likeness (QED) is 0.777. The lowest BCUT2D eigenvalue weighted by atomic mass is 10.0. The van der Waals surface area contributed by atoms with E-state index in [-0.39, 0.29) is 5.82 Å². The van der Waals surface area contributed by atoms with Gasteiger partial charge in [-0.15, -0.1) is 0 Å². The van der Waals surface area contributed by atoms with Crippen molar-refractivity contribution in [1.29, 1.82) is 0 Å². The fourth-order valence-electron chi connectivity index (χ4n) is 2.18. The van der Waals surface area contributed by atoms with E-state index in [9.17, 15) is 4.39 Å². The molecule has 0 radical (unpaired) electrons. The Morgan fingerprint density at radius 3 is 3.19 bits per heavy atom. The monoisotopic (exact) mass is 224 g/mol. The molecule has 88 valence electrons. The highest BCUT2D eigenvalue weighted by atomic mass is 19.1. The second kappa shape index (κ2) is 5.37. The third-order valence-corrected chi connectivity index (χ3v) is 3.08. The molecule has 0 amide bonds. The molecule has 1 atom stereocenters. The zero-order chi connectivity index (χ0) is 11.4. The van der Waals surface area contributed by atoms with E-state index < -0.39 is 0 Å². The van der Waals surface area contributed by atoms with Crippen molar-refractivity contribution in [3.8, 4) is 0 Å². The van der Waals surface area contributed by atoms with Gasteiger partial charge < -0.3 is 9.64 Å². The summed E-state index contributed by atoms with van der Waals surface area (Å²) in [6.45, 7) is 3.75. The Labute approximate surface area is 95.2 Å². The molecule has 0 aromatic carbocycles. The number of ether oxygens (including phenoxy) is 1. The molecule has 2 rings (SSSR count). The van der Waals surface area contributed by atoms with Crippen LogP contribution in [0, 0.1) is 5.82 Å². The number of hydrogen-bond donors (Lipinski definition) is 0. The molecule has 1 aliphatic rings. The molecule has 1 aromatic rings. The third-order valence-electron chi connectivity index (χ3n) is 3.08. The van der Waals surface area contributed by atoms with Gasteiger partial charge in [-0.05, 0) is 30.5 Å². The van der Waals surface area contributed by atoms with E-state index >= 15 is 0 Å². The van der Waals surface area contributed by atoms with Gasteiger partial charge in [0.25, 0.3) is 0 Å². The van der Waals surface area contributed by atoms with Crippen molar-refractivity contribution >= 4 is 0 Å². The number of nitrogens with zero attached hydrogens (tertiary/aromatic N) is 2. The van der Waals surface area contributed by atoms with Crippen molar-refractivity contribution in [2.45, 2.75) is 12.3 Å². The van der Waals surface area contributed by atoms with E-state index in [1.165, 1.54) is 6.20 Å². The summed E-state index contributed by atoms with van der Waals surface area (Å²) in [5.41, 5.74) is 1.01. The number of pyridine rings is 1. The second-order valence-corrected chi connectivity index (χ2v) is 4.22. The SMILES string of the molecule is COCCN1CC[C@H](c2cncc(F)c2)C1. The molecule has 1 aliphatic heterocycles. The van der Waals surface area contributed by atoms with Gasteiger partial charge >= 0.3 is 0 Å². The number of hydrogen-bond acceptors (Lipinski definition) is 3. The molecule has 3 nitrogen and oxygen atoms in total. The van der Waals surface area contributed by atoms with Gasteiger partial charge in [0.15, 0.2) is 0 Å². The first-order valence-corrected chi connectivity index (χ1v) is 5.61. The number of likely N-dealkylation sites (tertiary alicyclic amines) is 1. The van der Waals surface area contributed by atoms with Gasteiger partial charge in [0.2, 0.25) is 0 Å². The van der Waals surface area contributed by atoms with Crippen LogP contribution >= 0.6 is 0 Å². The first-order chi connectivity index (χ1) is 7.79. The molecular formula is C12H17FN2O. The minimum atomic E-state index is -0.243. The van der Waals surface area contributed by atoms with Crippen LogP contribution < -0.4 is 0 Å². The van der Waals surface area contributed by atoms with Crippen molar-refractivity contribution in [3.63, 3.8) is 0 Å². The highest BCUT2D eigenvalue weighted by Crippen LogP contribution is 2.26. The lowest BCUT2D eigenvalue weighted by molar-refractivity contribution is 0.160. The molecule has 0 bridgehead atoms. The van der Waals surface area contributed by atoms with E-state index in [4.69, 9.17) is 4.74 Å². The zero-order valence-corrected chi connectivity index (χ0v) is 9.53. The van der Waals surface area contributed by atoms with Crippen LogP contribution in [-0.4, -0.2) is 43.2 Å². The Kier molecular flexibility index (Phi) is 3.85. The van der Waals surface area contributed by atoms with Gasteiger partial charge in [-0.2, -0.15) is 0 Å². The van der Waals surface area contributed by atoms with Crippen LogP contribution in [0.5, 0.6) is 0 Å². The fraction of sp³-hybridized carbons (Fsp3) is 0.583. The first kappa shape index (κ1) is 11.5. The molecule has 0 spiro atoms. The summed E-state index contributed by atoms with van der Waals surface area (Å²) in [6.07, 6.45) is 4.10. The van der Waals surface area contributed by atoms with Gasteiger partial charge in [-0.1, -0.05) is 0 Å². The van der Waals surface area contributed by atoms with Crippen molar-refractivity contribution in [2.24, 2.45) is 0 Å². The summed E-state index contributed by atoms with van der Waals surface area (Å²) in [6, 6.07) is 1.59. The Hall–Kier alpha value is -1.00. The summed E-state index contributed by atoms with van der Waals surface area (Å²) in [5, 5.41) is 0. The second-order valence-electron chi connectivity index (χ2n) is 4.22. The number of rotatable bonds is 4. The topological polar surface area (TPSA) is 25.4 Å². The van der Waals surface area contributed by atoms with Crippen LogP contribution in [0.3, 0.4) is 0 Å². The van der Waals surface area contributed by atoms with Crippen molar-refractivity contribution in [2.75, 3.05) is 33.4 Å². The summed E-state index contributed by atoms with van der Waals surface area (Å²) in [7, 11) is 1.71. The minimum Gasteiger partial charge on any atom is -0.383 e. The molecule has 0 unspecified atom stereocenters. The van der Waals surface area contributed by atoms with Gasteiger partial charge in [0.1, 0.15) is 5.82 Å². The van der Waals surface area contributed by atoms with E-state index in [1.807, 2.05) is 0 Å². The van der Waals surface area contributed by atoms with E-state index in [1.54, 1.807) is 19.4 Å². The summed E-state index contributed by atoms with van der Waals surface area (Å²) in [4.78, 5) is 6.24. The highest BCUT2D eigenvalue weighted by Gasteiger charge is 2.23. The Morgan fingerprint density at radius 2 is 2.44 bits per heavy atom. The van der Waals surface area contributed by atoms with E-state index in [2.05, 4.69) is 9.88 Å². The Morgan fingerprint density at radius 1 is 1.56 bits per heavy atom. The maximum atomic E-state index is 13.0. The lowest BCUT2D eigenvalue weighted by Gasteiger charge is -2.15. The molecule has 0 N–H and O–H groups in total. The van der Waals surface area contributed by atoms with Crippen LogP contribution in [0.2, 0.25) is 0 Å². The number of methoxy groups -OCH3 is 1. The summed E-state index contributed by atoms with van der Waals surface area (Å²) < 4.78 is 18.1. The average molecular weight is 224 g/mol. The fourth-order valence-corrected chi connectivity index (χ4v) is 2.18. The lowest BCUT2D eigenvalue weighted by Crippen LogP contribution is -2.24. The van der Waals surface area contributed by atoms with Gasteiger partial charge in [0.05, 0.1) is 12.8 Å². The Bertz CT molecular complexity index is 346. The highest BCUT2D eigenvalue weighted by molar-refractivity contribution is 5.17. The molecule has 0 saturated carbocycles. The van der Waals surface area contributed by atoms with E-state index in [0.29, 0.717) is 5.92 Å². The standard InChI is InChI=1S/C12H17FN2O/c1-16-5-4-15-3-2-10(9-15)11-6-12(13)8-14-7-11/h6-8,10H,2-5,9H2,1H3/t10-/m0/s1. The zero-order valence-electron chi connectivity index (χ0n) is 9.53. The molecule has 4 heteroatoms. The summed E-state index contributed by atoms with van der Waals surface area (Å²) in [5.74, 6) is 0.174. The first-order valence-electron chi connectivity index (χ1n) is 5.61.